The lowest BCUT2D eigenvalue weighted by atomic mass is 10.0. The van der Waals surface area contributed by atoms with E-state index in [4.69, 9.17) is 21.1 Å². The van der Waals surface area contributed by atoms with Crippen molar-refractivity contribution in [1.29, 1.82) is 0 Å². The molecular formula is C31H25ClF2N4O8S2. The Labute approximate surface area is 278 Å². The van der Waals surface area contributed by atoms with Crippen LogP contribution in [0.4, 0.5) is 41.1 Å². The first kappa shape index (κ1) is 33.0. The predicted octanol–water partition coefficient (Wildman–Crippen LogP) is 6.31. The summed E-state index contributed by atoms with van der Waals surface area (Å²) in [5.41, 5.74) is 1.55. The minimum absolute atomic E-state index is 0.0106. The first-order valence-corrected chi connectivity index (χ1v) is 17.4. The van der Waals surface area contributed by atoms with E-state index in [0.29, 0.717) is 11.1 Å². The number of amides is 2. The van der Waals surface area contributed by atoms with Gasteiger partial charge in [-0.3, -0.25) is 19.2 Å². The highest BCUT2D eigenvalue weighted by atomic mass is 35.5. The molecule has 0 saturated carbocycles. The molecule has 0 aliphatic carbocycles. The lowest BCUT2D eigenvalue weighted by Gasteiger charge is -2.36. The number of halogens is 3. The average molecular weight is 719 g/mol. The van der Waals surface area contributed by atoms with E-state index in [1.807, 2.05) is 0 Å². The summed E-state index contributed by atoms with van der Waals surface area (Å²) in [5.74, 6) is -1.23. The van der Waals surface area contributed by atoms with Gasteiger partial charge in [-0.2, -0.15) is 0 Å². The highest BCUT2D eigenvalue weighted by Gasteiger charge is 2.37. The van der Waals surface area contributed by atoms with Crippen LogP contribution in [0.25, 0.3) is 0 Å². The number of nitrogens with zero attached hydrogens (tertiary/aromatic N) is 2. The molecule has 2 aliphatic heterocycles. The van der Waals surface area contributed by atoms with Gasteiger partial charge < -0.3 is 9.47 Å². The number of aryl methyl sites for hydroxylation is 1. The van der Waals surface area contributed by atoms with Crippen LogP contribution in [-0.2, 0) is 36.1 Å². The van der Waals surface area contributed by atoms with Gasteiger partial charge in [0.05, 0.1) is 38.4 Å². The molecule has 12 nitrogen and oxygen atoms in total. The maximum absolute atomic E-state index is 13.7. The number of nitrogens with one attached hydrogen (secondary N) is 2. The number of cyclic esters (lactones) is 2. The number of hydrogen-bond donors (Lipinski definition) is 2. The summed E-state index contributed by atoms with van der Waals surface area (Å²) in [7, 11) is -7.05. The van der Waals surface area contributed by atoms with Gasteiger partial charge in [0.1, 0.15) is 24.3 Å². The topological polar surface area (TPSA) is 151 Å². The largest absolute Gasteiger partial charge is 0.444 e. The number of carbonyl (C=O) groups is 2. The van der Waals surface area contributed by atoms with Crippen molar-refractivity contribution in [1.82, 2.24) is 0 Å². The molecule has 250 valence electrons. The number of benzene rings is 4. The third kappa shape index (κ3) is 6.33. The second-order valence-corrected chi connectivity index (χ2v) is 14.7. The van der Waals surface area contributed by atoms with Crippen molar-refractivity contribution in [2.24, 2.45) is 0 Å². The minimum Gasteiger partial charge on any atom is -0.444 e. The number of sulfonamides is 2. The summed E-state index contributed by atoms with van der Waals surface area (Å²) in [6.45, 7) is 1.03. The van der Waals surface area contributed by atoms with E-state index in [-0.39, 0.29) is 56.3 Å². The Balaban J connectivity index is 1.30. The van der Waals surface area contributed by atoms with E-state index >= 15 is 0 Å². The van der Waals surface area contributed by atoms with Crippen LogP contribution in [0.1, 0.15) is 22.8 Å². The number of carbonyl (C=O) groups excluding carboxylic acids is 2. The number of rotatable bonds is 8. The Bertz CT molecular complexity index is 2220. The van der Waals surface area contributed by atoms with Gasteiger partial charge in [-0.15, -0.1) is 0 Å². The molecule has 2 N–H and O–H groups in total. The van der Waals surface area contributed by atoms with E-state index in [1.54, 1.807) is 0 Å². The van der Waals surface area contributed by atoms with Crippen molar-refractivity contribution < 1.29 is 44.7 Å². The summed E-state index contributed by atoms with van der Waals surface area (Å²) in [5, 5.41) is -0.285. The van der Waals surface area contributed by atoms with Gasteiger partial charge in [0.2, 0.25) is 0 Å². The van der Waals surface area contributed by atoms with Crippen LogP contribution in [0.5, 0.6) is 0 Å². The summed E-state index contributed by atoms with van der Waals surface area (Å²) in [6, 6.07) is 15.1. The Kier molecular flexibility index (Phi) is 8.43. The maximum Gasteiger partial charge on any atom is 0.414 e. The molecule has 4 aromatic rings. The van der Waals surface area contributed by atoms with Gasteiger partial charge in [-0.05, 0) is 73.2 Å². The van der Waals surface area contributed by atoms with Crippen molar-refractivity contribution >= 4 is 66.6 Å². The Morgan fingerprint density at radius 3 is 2.06 bits per heavy atom. The molecule has 2 amide bonds. The van der Waals surface area contributed by atoms with Crippen molar-refractivity contribution in [3.05, 3.63) is 106 Å². The number of fused-ring (bicyclic) bond motifs is 2. The van der Waals surface area contributed by atoms with Gasteiger partial charge in [0.15, 0.2) is 0 Å². The van der Waals surface area contributed by atoms with E-state index in [2.05, 4.69) is 9.44 Å². The molecule has 17 heteroatoms. The summed E-state index contributed by atoms with van der Waals surface area (Å²) in [6.07, 6.45) is -2.80. The van der Waals surface area contributed by atoms with Crippen molar-refractivity contribution in [2.75, 3.05) is 32.8 Å². The lowest BCUT2D eigenvalue weighted by Crippen LogP contribution is -2.43. The van der Waals surface area contributed by atoms with E-state index in [0.717, 1.165) is 28.0 Å². The number of hydrogen-bond acceptors (Lipinski definition) is 8. The van der Waals surface area contributed by atoms with Gasteiger partial charge in [-0.1, -0.05) is 23.7 Å². The number of ether oxygens (including phenoxy) is 2. The summed E-state index contributed by atoms with van der Waals surface area (Å²) in [4.78, 5) is 27.7. The van der Waals surface area contributed by atoms with Crippen LogP contribution in [0.15, 0.2) is 82.6 Å². The summed E-state index contributed by atoms with van der Waals surface area (Å²) >= 11 is 5.78. The molecule has 0 fully saturated rings. The van der Waals surface area contributed by atoms with Crippen molar-refractivity contribution in [3.8, 4) is 0 Å². The molecule has 1 unspecified atom stereocenters. The third-order valence-corrected chi connectivity index (χ3v) is 10.7. The third-order valence-electron chi connectivity index (χ3n) is 7.70. The fraction of sp³-hybridized carbons (Fsp3) is 0.161. The lowest BCUT2D eigenvalue weighted by molar-refractivity contribution is 0.0962. The fourth-order valence-corrected chi connectivity index (χ4v) is 7.50. The zero-order chi connectivity index (χ0) is 34.5. The molecule has 2 aliphatic rings. The molecule has 0 spiro atoms. The monoisotopic (exact) mass is 718 g/mol. The molecule has 0 radical (unpaired) electrons. The molecule has 2 heterocycles. The number of anilines is 4. The molecular weight excluding hydrogens is 694 g/mol. The Morgan fingerprint density at radius 1 is 0.812 bits per heavy atom. The molecule has 0 saturated heterocycles. The van der Waals surface area contributed by atoms with Gasteiger partial charge >= 0.3 is 12.2 Å². The highest BCUT2D eigenvalue weighted by molar-refractivity contribution is 7.93. The Hall–Kier alpha value is -4.93. The SMILES string of the molecule is Cc1cc(NS(=O)(=O)c2ccc3c(c2)N(CC2OC(=O)N(C)c4cc(S(=O)(=O)Nc5ccc(F)c(Cl)c5)ccc42)C(=O)OC3)ccc1F. The fourth-order valence-electron chi connectivity index (χ4n) is 5.19. The normalized spacial score (nSPS) is 16.1. The highest BCUT2D eigenvalue weighted by Crippen LogP contribution is 2.39. The first-order chi connectivity index (χ1) is 22.6. The molecule has 0 bridgehead atoms. The molecule has 6 rings (SSSR count). The average Bonchev–Trinajstić information content (AvgIpc) is 3.03. The van der Waals surface area contributed by atoms with Crippen LogP contribution in [0.2, 0.25) is 5.02 Å². The van der Waals surface area contributed by atoms with Gasteiger partial charge in [0, 0.05) is 23.9 Å². The Morgan fingerprint density at radius 2 is 1.42 bits per heavy atom. The maximum atomic E-state index is 13.7. The van der Waals surface area contributed by atoms with Crippen LogP contribution < -0.4 is 19.2 Å². The molecule has 48 heavy (non-hydrogen) atoms. The van der Waals surface area contributed by atoms with Crippen molar-refractivity contribution in [2.45, 2.75) is 29.4 Å². The van der Waals surface area contributed by atoms with Crippen LogP contribution in [0.3, 0.4) is 0 Å². The first-order valence-electron chi connectivity index (χ1n) is 14.1. The minimum atomic E-state index is -4.23. The smallest absolute Gasteiger partial charge is 0.414 e. The molecule has 1 atom stereocenters. The quantitative estimate of drug-likeness (QED) is 0.215. The van der Waals surface area contributed by atoms with Crippen LogP contribution >= 0.6 is 11.6 Å². The van der Waals surface area contributed by atoms with E-state index in [9.17, 15) is 35.2 Å². The second-order valence-electron chi connectivity index (χ2n) is 10.9. The zero-order valence-electron chi connectivity index (χ0n) is 25.0. The molecule has 4 aromatic carbocycles. The van der Waals surface area contributed by atoms with Crippen LogP contribution in [-0.4, -0.2) is 42.6 Å². The standard InChI is InChI=1S/C31H25ClF2N4O8S2/c1-17-11-19(4-9-25(17)33)35-47(41,42)21-6-3-18-16-45-31(40)38(27(18)13-21)15-29-23-8-7-22(14-28(23)37(2)30(39)46-29)48(43,44)36-20-5-10-26(34)24(32)12-20/h3-14,29,35-36H,15-16H2,1-2H3. The van der Waals surface area contributed by atoms with Gasteiger partial charge in [0.25, 0.3) is 20.0 Å². The molecule has 0 aromatic heterocycles. The van der Waals surface area contributed by atoms with Crippen molar-refractivity contribution in [3.63, 3.8) is 0 Å². The predicted molar refractivity (Wildman–Crippen MR) is 172 cm³/mol. The summed E-state index contributed by atoms with van der Waals surface area (Å²) < 4.78 is 95.8. The van der Waals surface area contributed by atoms with Crippen LogP contribution in [0, 0.1) is 18.6 Å². The second kappa shape index (κ2) is 12.3. The van der Waals surface area contributed by atoms with E-state index in [1.165, 1.54) is 68.6 Å². The van der Waals surface area contributed by atoms with Gasteiger partial charge in [-0.25, -0.2) is 35.2 Å². The van der Waals surface area contributed by atoms with E-state index < -0.39 is 50.0 Å². The zero-order valence-corrected chi connectivity index (χ0v) is 27.4.